The predicted molar refractivity (Wildman–Crippen MR) is 72.7 cm³/mol. The highest BCUT2D eigenvalue weighted by molar-refractivity contribution is 5.75. The van der Waals surface area contributed by atoms with Crippen LogP contribution >= 0.6 is 0 Å². The highest BCUT2D eigenvalue weighted by atomic mass is 16.6. The van der Waals surface area contributed by atoms with Crippen LogP contribution in [0, 0.1) is 15.0 Å². The Hall–Kier alpha value is -3.09. The largest absolute Gasteiger partial charge is 0.281 e. The van der Waals surface area contributed by atoms with E-state index in [1.165, 1.54) is 12.1 Å². The quantitative estimate of drug-likeness (QED) is 0.414. The molecule has 0 spiro atoms. The van der Waals surface area contributed by atoms with Crippen LogP contribution < -0.4 is 0 Å². The Morgan fingerprint density at radius 1 is 1.20 bits per heavy atom. The molecule has 0 aliphatic carbocycles. The first-order chi connectivity index (χ1) is 9.70. The molecule has 98 valence electrons. The summed E-state index contributed by atoms with van der Waals surface area (Å²) in [6, 6.07) is 11.2. The zero-order valence-corrected chi connectivity index (χ0v) is 10.1. The van der Waals surface area contributed by atoms with Crippen molar-refractivity contribution < 1.29 is 4.92 Å². The van der Waals surface area contributed by atoms with Gasteiger partial charge in [0, 0.05) is 23.9 Å². The van der Waals surface area contributed by atoms with E-state index in [1.807, 2.05) is 0 Å². The number of fused-ring (bicyclic) bond motifs is 1. The molecule has 0 N–H and O–H groups in total. The fourth-order valence-electron chi connectivity index (χ4n) is 2.03. The normalized spacial score (nSPS) is 10.6. The van der Waals surface area contributed by atoms with Gasteiger partial charge in [0.05, 0.1) is 4.92 Å². The van der Waals surface area contributed by atoms with E-state index < -0.39 is 4.92 Å². The van der Waals surface area contributed by atoms with Gasteiger partial charge in [0.15, 0.2) is 0 Å². The minimum absolute atomic E-state index is 0.0589. The summed E-state index contributed by atoms with van der Waals surface area (Å²) in [6.07, 6.45) is 1.67. The number of nitroso groups, excluding NO2 is 1. The van der Waals surface area contributed by atoms with Crippen LogP contribution in [0.5, 0.6) is 0 Å². The monoisotopic (exact) mass is 268 g/mol. The first-order valence-electron chi connectivity index (χ1n) is 5.76. The molecule has 0 aliphatic rings. The molecule has 20 heavy (non-hydrogen) atoms. The Labute approximate surface area is 112 Å². The van der Waals surface area contributed by atoms with Crippen molar-refractivity contribution in [3.63, 3.8) is 0 Å². The molecule has 0 bridgehead atoms. The lowest BCUT2D eigenvalue weighted by Gasteiger charge is -1.97. The van der Waals surface area contributed by atoms with Gasteiger partial charge in [-0.2, -0.15) is 0 Å². The summed E-state index contributed by atoms with van der Waals surface area (Å²) in [6.45, 7) is 0. The second-order valence-corrected chi connectivity index (χ2v) is 4.11. The third-order valence-electron chi connectivity index (χ3n) is 2.92. The minimum Gasteiger partial charge on any atom is -0.281 e. The van der Waals surface area contributed by atoms with Crippen molar-refractivity contribution in [3.05, 3.63) is 63.7 Å². The van der Waals surface area contributed by atoms with Crippen LogP contribution in [-0.2, 0) is 0 Å². The second kappa shape index (κ2) is 4.54. The van der Waals surface area contributed by atoms with Crippen LogP contribution in [0.1, 0.15) is 0 Å². The van der Waals surface area contributed by atoms with Gasteiger partial charge < -0.3 is 0 Å². The lowest BCUT2D eigenvalue weighted by Crippen LogP contribution is -1.88. The van der Waals surface area contributed by atoms with Gasteiger partial charge in [-0.25, -0.2) is 4.98 Å². The Kier molecular flexibility index (Phi) is 2.72. The number of imidazole rings is 1. The number of hydrogen-bond donors (Lipinski definition) is 0. The Balaban J connectivity index is 2.26. The van der Waals surface area contributed by atoms with Crippen molar-refractivity contribution in [2.75, 3.05) is 0 Å². The van der Waals surface area contributed by atoms with Gasteiger partial charge in [-0.1, -0.05) is 18.2 Å². The fourth-order valence-corrected chi connectivity index (χ4v) is 2.03. The van der Waals surface area contributed by atoms with E-state index in [-0.39, 0.29) is 11.5 Å². The van der Waals surface area contributed by atoms with Crippen LogP contribution in [0.4, 0.5) is 11.5 Å². The van der Waals surface area contributed by atoms with Gasteiger partial charge >= 0.3 is 0 Å². The van der Waals surface area contributed by atoms with Crippen molar-refractivity contribution in [1.29, 1.82) is 0 Å². The number of nitro benzene ring substituents is 1. The van der Waals surface area contributed by atoms with Crippen LogP contribution in [0.15, 0.2) is 53.8 Å². The number of aromatic nitrogens is 2. The summed E-state index contributed by atoms with van der Waals surface area (Å²) in [5.41, 5.74) is 1.31. The Morgan fingerprint density at radius 3 is 2.80 bits per heavy atom. The molecule has 0 fully saturated rings. The molecule has 2 aromatic heterocycles. The van der Waals surface area contributed by atoms with E-state index in [9.17, 15) is 15.0 Å². The van der Waals surface area contributed by atoms with Crippen LogP contribution in [0.2, 0.25) is 0 Å². The van der Waals surface area contributed by atoms with E-state index in [0.717, 1.165) is 0 Å². The van der Waals surface area contributed by atoms with Crippen LogP contribution in [-0.4, -0.2) is 14.3 Å². The SMILES string of the molecule is O=Nc1c(-c2cccc([N+](=O)[O-])c2)nc2ccccn12. The summed E-state index contributed by atoms with van der Waals surface area (Å²) in [7, 11) is 0. The highest BCUT2D eigenvalue weighted by Gasteiger charge is 2.16. The van der Waals surface area contributed by atoms with Gasteiger partial charge in [0.1, 0.15) is 11.3 Å². The smallest absolute Gasteiger partial charge is 0.270 e. The van der Waals surface area contributed by atoms with E-state index in [0.29, 0.717) is 16.9 Å². The van der Waals surface area contributed by atoms with Gasteiger partial charge in [-0.15, -0.1) is 4.91 Å². The number of nitro groups is 1. The number of nitrogens with zero attached hydrogens (tertiary/aromatic N) is 4. The predicted octanol–water partition coefficient (Wildman–Crippen LogP) is 3.31. The number of rotatable bonds is 3. The van der Waals surface area contributed by atoms with Gasteiger partial charge in [0.2, 0.25) is 5.82 Å². The number of hydrogen-bond acceptors (Lipinski definition) is 5. The van der Waals surface area contributed by atoms with Crippen molar-refractivity contribution in [2.45, 2.75) is 0 Å². The lowest BCUT2D eigenvalue weighted by atomic mass is 10.1. The van der Waals surface area contributed by atoms with E-state index in [4.69, 9.17) is 0 Å². The molecule has 2 heterocycles. The van der Waals surface area contributed by atoms with Crippen molar-refractivity contribution in [1.82, 2.24) is 9.38 Å². The van der Waals surface area contributed by atoms with Crippen molar-refractivity contribution in [3.8, 4) is 11.3 Å². The molecule has 0 amide bonds. The maximum Gasteiger partial charge on any atom is 0.270 e. The van der Waals surface area contributed by atoms with Crippen molar-refractivity contribution >= 4 is 17.2 Å². The topological polar surface area (TPSA) is 89.9 Å². The molecule has 0 atom stereocenters. The molecule has 0 unspecified atom stereocenters. The molecule has 3 rings (SSSR count). The summed E-state index contributed by atoms with van der Waals surface area (Å²) in [5.74, 6) is 0.126. The highest BCUT2D eigenvalue weighted by Crippen LogP contribution is 2.32. The molecule has 0 saturated carbocycles. The zero-order valence-electron chi connectivity index (χ0n) is 10.1. The maximum absolute atomic E-state index is 11.0. The average Bonchev–Trinajstić information content (AvgIpc) is 2.86. The minimum atomic E-state index is -0.493. The molecule has 0 radical (unpaired) electrons. The average molecular weight is 268 g/mol. The third-order valence-corrected chi connectivity index (χ3v) is 2.92. The van der Waals surface area contributed by atoms with E-state index in [1.54, 1.807) is 40.9 Å². The number of non-ortho nitro benzene ring substituents is 1. The lowest BCUT2D eigenvalue weighted by molar-refractivity contribution is -0.384. The van der Waals surface area contributed by atoms with Crippen molar-refractivity contribution in [2.24, 2.45) is 5.18 Å². The maximum atomic E-state index is 11.0. The molecule has 0 aliphatic heterocycles. The second-order valence-electron chi connectivity index (χ2n) is 4.11. The first-order valence-corrected chi connectivity index (χ1v) is 5.76. The molecular weight excluding hydrogens is 260 g/mol. The van der Waals surface area contributed by atoms with Gasteiger partial charge in [-0.3, -0.25) is 14.5 Å². The Morgan fingerprint density at radius 2 is 2.05 bits per heavy atom. The third kappa shape index (κ3) is 1.81. The van der Waals surface area contributed by atoms with Crippen LogP contribution in [0.3, 0.4) is 0 Å². The molecule has 3 aromatic rings. The molecule has 7 heteroatoms. The molecule has 1 aromatic carbocycles. The zero-order chi connectivity index (χ0) is 14.1. The van der Waals surface area contributed by atoms with E-state index in [2.05, 4.69) is 10.2 Å². The summed E-state index contributed by atoms with van der Waals surface area (Å²) in [4.78, 5) is 25.7. The summed E-state index contributed by atoms with van der Waals surface area (Å²) in [5, 5.41) is 13.8. The van der Waals surface area contributed by atoms with Gasteiger partial charge in [0.25, 0.3) is 5.69 Å². The van der Waals surface area contributed by atoms with Crippen LogP contribution in [0.25, 0.3) is 16.9 Å². The molecule has 7 nitrogen and oxygen atoms in total. The summed E-state index contributed by atoms with van der Waals surface area (Å²) < 4.78 is 1.54. The molecule has 0 saturated heterocycles. The first kappa shape index (κ1) is 12.0. The molecular formula is C13H8N4O3. The van der Waals surface area contributed by atoms with Gasteiger partial charge in [-0.05, 0) is 17.3 Å². The number of pyridine rings is 1. The van der Waals surface area contributed by atoms with E-state index >= 15 is 0 Å². The summed E-state index contributed by atoms with van der Waals surface area (Å²) >= 11 is 0. The fraction of sp³-hybridized carbons (Fsp3) is 0. The Bertz CT molecular complexity index is 825. The standard InChI is InChI=1S/C13H8N4O3/c18-15-13-12(14-11-6-1-2-7-16(11)13)9-4-3-5-10(8-9)17(19)20/h1-8H. The number of benzene rings is 1.